The first kappa shape index (κ1) is 17.1. The molecule has 6 heteroatoms. The monoisotopic (exact) mass is 336 g/mol. The SMILES string of the molecule is CCCOC(=O)N(Cl)c1ccc(NCc2ccc(F)cc2)cc1. The molecule has 1 N–H and O–H groups in total. The molecule has 0 fully saturated rings. The Labute approximate surface area is 139 Å². The Bertz CT molecular complexity index is 632. The van der Waals surface area contributed by atoms with E-state index in [2.05, 4.69) is 5.32 Å². The number of carbonyl (C=O) groups excluding carboxylic acids is 1. The highest BCUT2D eigenvalue weighted by Gasteiger charge is 2.14. The number of halogens is 2. The van der Waals surface area contributed by atoms with Gasteiger partial charge in [-0.3, -0.25) is 0 Å². The van der Waals surface area contributed by atoms with Crippen LogP contribution in [0.25, 0.3) is 0 Å². The summed E-state index contributed by atoms with van der Waals surface area (Å²) in [5.41, 5.74) is 2.36. The molecule has 0 heterocycles. The van der Waals surface area contributed by atoms with E-state index < -0.39 is 6.09 Å². The summed E-state index contributed by atoms with van der Waals surface area (Å²) in [6.45, 7) is 2.82. The van der Waals surface area contributed by atoms with Gasteiger partial charge in [0.15, 0.2) is 0 Å². The lowest BCUT2D eigenvalue weighted by atomic mass is 10.2. The molecule has 1 amide bonds. The Hall–Kier alpha value is -2.27. The minimum Gasteiger partial charge on any atom is -0.448 e. The fraction of sp³-hybridized carbons (Fsp3) is 0.235. The molecule has 4 nitrogen and oxygen atoms in total. The molecule has 0 aliphatic rings. The lowest BCUT2D eigenvalue weighted by molar-refractivity contribution is 0.158. The van der Waals surface area contributed by atoms with Gasteiger partial charge in [0.25, 0.3) is 0 Å². The van der Waals surface area contributed by atoms with Crippen molar-refractivity contribution in [2.24, 2.45) is 0 Å². The summed E-state index contributed by atoms with van der Waals surface area (Å²) in [7, 11) is 0. The van der Waals surface area contributed by atoms with Gasteiger partial charge < -0.3 is 10.1 Å². The fourth-order valence-corrected chi connectivity index (χ4v) is 2.03. The summed E-state index contributed by atoms with van der Waals surface area (Å²) in [6, 6.07) is 13.3. The molecule has 0 aliphatic heterocycles. The fourth-order valence-electron chi connectivity index (χ4n) is 1.87. The molecule has 0 radical (unpaired) electrons. The lowest BCUT2D eigenvalue weighted by Crippen LogP contribution is -2.22. The topological polar surface area (TPSA) is 41.6 Å². The van der Waals surface area contributed by atoms with Crippen molar-refractivity contribution in [3.8, 4) is 0 Å². The van der Waals surface area contributed by atoms with Crippen molar-refractivity contribution < 1.29 is 13.9 Å². The number of carbonyl (C=O) groups is 1. The second-order valence-corrected chi connectivity index (χ2v) is 5.26. The van der Waals surface area contributed by atoms with Gasteiger partial charge in [0.1, 0.15) is 5.82 Å². The van der Waals surface area contributed by atoms with E-state index in [1.54, 1.807) is 36.4 Å². The first-order valence-corrected chi connectivity index (χ1v) is 7.65. The molecule has 2 rings (SSSR count). The highest BCUT2D eigenvalue weighted by molar-refractivity contribution is 6.35. The third-order valence-corrected chi connectivity index (χ3v) is 3.43. The van der Waals surface area contributed by atoms with Gasteiger partial charge in [-0.15, -0.1) is 0 Å². The average Bonchev–Trinajstić information content (AvgIpc) is 2.59. The smallest absolute Gasteiger partial charge is 0.429 e. The van der Waals surface area contributed by atoms with Crippen molar-refractivity contribution in [2.75, 3.05) is 16.3 Å². The summed E-state index contributed by atoms with van der Waals surface area (Å²) in [4.78, 5) is 11.7. The van der Waals surface area contributed by atoms with Gasteiger partial charge in [-0.1, -0.05) is 19.1 Å². The van der Waals surface area contributed by atoms with E-state index in [-0.39, 0.29) is 5.82 Å². The van der Waals surface area contributed by atoms with E-state index in [1.165, 1.54) is 12.1 Å². The molecule has 23 heavy (non-hydrogen) atoms. The maximum Gasteiger partial charge on any atom is 0.429 e. The minimum atomic E-state index is -0.597. The Morgan fingerprint density at radius 3 is 2.43 bits per heavy atom. The number of ether oxygens (including phenoxy) is 1. The molecule has 0 saturated carbocycles. The predicted octanol–water partition coefficient (Wildman–Crippen LogP) is 4.94. The largest absolute Gasteiger partial charge is 0.448 e. The highest BCUT2D eigenvalue weighted by atomic mass is 35.5. The van der Waals surface area contributed by atoms with Crippen molar-refractivity contribution in [1.82, 2.24) is 0 Å². The minimum absolute atomic E-state index is 0.254. The van der Waals surface area contributed by atoms with Crippen LogP contribution in [-0.4, -0.2) is 12.7 Å². The number of hydrogen-bond donors (Lipinski definition) is 1. The van der Waals surface area contributed by atoms with Gasteiger partial charge in [0, 0.05) is 24.0 Å². The van der Waals surface area contributed by atoms with Crippen LogP contribution < -0.4 is 9.74 Å². The second kappa shape index (κ2) is 8.39. The van der Waals surface area contributed by atoms with Crippen molar-refractivity contribution >= 4 is 29.2 Å². The van der Waals surface area contributed by atoms with Gasteiger partial charge in [-0.25, -0.2) is 9.18 Å². The molecule has 0 atom stereocenters. The van der Waals surface area contributed by atoms with E-state index in [1.807, 2.05) is 6.92 Å². The summed E-state index contributed by atoms with van der Waals surface area (Å²) in [6.07, 6.45) is 0.142. The molecular formula is C17H18ClFN2O2. The number of rotatable bonds is 6. The third-order valence-electron chi connectivity index (χ3n) is 3.09. The van der Waals surface area contributed by atoms with Crippen molar-refractivity contribution in [3.05, 3.63) is 59.9 Å². The van der Waals surface area contributed by atoms with Gasteiger partial charge in [0.05, 0.1) is 12.3 Å². The molecular weight excluding hydrogens is 319 g/mol. The van der Waals surface area contributed by atoms with Crippen LogP contribution in [0.5, 0.6) is 0 Å². The van der Waals surface area contributed by atoms with Crippen LogP contribution in [0.3, 0.4) is 0 Å². The number of nitrogens with one attached hydrogen (secondary N) is 1. The zero-order valence-electron chi connectivity index (χ0n) is 12.8. The van der Waals surface area contributed by atoms with Crippen LogP contribution >= 0.6 is 11.8 Å². The Kier molecular flexibility index (Phi) is 6.23. The molecule has 0 bridgehead atoms. The van der Waals surface area contributed by atoms with Crippen LogP contribution in [0.2, 0.25) is 0 Å². The lowest BCUT2D eigenvalue weighted by Gasteiger charge is -2.14. The van der Waals surface area contributed by atoms with Crippen molar-refractivity contribution in [3.63, 3.8) is 0 Å². The molecule has 0 aliphatic carbocycles. The first-order chi connectivity index (χ1) is 11.1. The van der Waals surface area contributed by atoms with Crippen LogP contribution in [0.15, 0.2) is 48.5 Å². The standard InChI is InChI=1S/C17H18ClFN2O2/c1-2-11-23-17(22)21(18)16-9-7-15(8-10-16)20-12-13-3-5-14(19)6-4-13/h3-10,20H,2,11-12H2,1H3. The summed E-state index contributed by atoms with van der Waals surface area (Å²) in [5.74, 6) is -0.254. The van der Waals surface area contributed by atoms with Crippen LogP contribution in [0, 0.1) is 5.82 Å². The quantitative estimate of drug-likeness (QED) is 0.759. The maximum atomic E-state index is 12.8. The molecule has 122 valence electrons. The maximum absolute atomic E-state index is 12.8. The Morgan fingerprint density at radius 2 is 1.83 bits per heavy atom. The molecule has 0 aromatic heterocycles. The number of benzene rings is 2. The highest BCUT2D eigenvalue weighted by Crippen LogP contribution is 2.21. The number of amides is 1. The van der Waals surface area contributed by atoms with Crippen LogP contribution in [-0.2, 0) is 11.3 Å². The normalized spacial score (nSPS) is 10.2. The van der Waals surface area contributed by atoms with Crippen LogP contribution in [0.1, 0.15) is 18.9 Å². The predicted molar refractivity (Wildman–Crippen MR) is 90.1 cm³/mol. The van der Waals surface area contributed by atoms with Crippen molar-refractivity contribution in [2.45, 2.75) is 19.9 Å². The number of nitrogens with zero attached hydrogens (tertiary/aromatic N) is 1. The van der Waals surface area contributed by atoms with E-state index in [0.29, 0.717) is 18.8 Å². The molecule has 2 aromatic carbocycles. The van der Waals surface area contributed by atoms with Crippen LogP contribution in [0.4, 0.5) is 20.6 Å². The van der Waals surface area contributed by atoms with Crippen molar-refractivity contribution in [1.29, 1.82) is 0 Å². The zero-order chi connectivity index (χ0) is 16.7. The third kappa shape index (κ3) is 5.14. The molecule has 0 unspecified atom stereocenters. The second-order valence-electron chi connectivity index (χ2n) is 4.92. The number of hydrogen-bond acceptors (Lipinski definition) is 3. The van der Waals surface area contributed by atoms with Gasteiger partial charge in [-0.05, 0) is 48.4 Å². The molecule has 0 spiro atoms. The summed E-state index contributed by atoms with van der Waals surface area (Å²) < 4.78 is 18.7. The summed E-state index contributed by atoms with van der Waals surface area (Å²) in [5, 5.41) is 3.21. The van der Waals surface area contributed by atoms with Gasteiger partial charge in [0.2, 0.25) is 0 Å². The average molecular weight is 337 g/mol. The van der Waals surface area contributed by atoms with Gasteiger partial charge >= 0.3 is 6.09 Å². The van der Waals surface area contributed by atoms with E-state index in [9.17, 15) is 9.18 Å². The van der Waals surface area contributed by atoms with Gasteiger partial charge in [-0.2, -0.15) is 4.42 Å². The van der Waals surface area contributed by atoms with E-state index in [4.69, 9.17) is 16.5 Å². The molecule has 0 saturated heterocycles. The summed E-state index contributed by atoms with van der Waals surface area (Å²) >= 11 is 5.94. The first-order valence-electron chi connectivity index (χ1n) is 7.31. The molecule has 2 aromatic rings. The Balaban J connectivity index is 1.91. The van der Waals surface area contributed by atoms with E-state index >= 15 is 0 Å². The van der Waals surface area contributed by atoms with E-state index in [0.717, 1.165) is 22.1 Å². The zero-order valence-corrected chi connectivity index (χ0v) is 13.5. The Morgan fingerprint density at radius 1 is 1.17 bits per heavy atom. The number of anilines is 2.